The molecule has 0 amide bonds. The fraction of sp³-hybridized carbons (Fsp3) is 0.294. The van der Waals surface area contributed by atoms with E-state index in [9.17, 15) is 0 Å². The minimum Gasteiger partial charge on any atom is -0.467 e. The van der Waals surface area contributed by atoms with Gasteiger partial charge in [-0.3, -0.25) is 0 Å². The highest BCUT2D eigenvalue weighted by Crippen LogP contribution is 2.37. The van der Waals surface area contributed by atoms with E-state index in [-0.39, 0.29) is 18.4 Å². The van der Waals surface area contributed by atoms with Crippen LogP contribution in [0.1, 0.15) is 22.6 Å². The highest BCUT2D eigenvalue weighted by atomic mass is 35.5. The van der Waals surface area contributed by atoms with E-state index >= 15 is 0 Å². The Balaban J connectivity index is 0.00000225. The Morgan fingerprint density at radius 1 is 1.52 bits per heavy atom. The molecule has 0 fully saturated rings. The number of fused-ring (bicyclic) bond motifs is 1. The van der Waals surface area contributed by atoms with Crippen LogP contribution in [-0.4, -0.2) is 11.0 Å². The number of pyridine rings is 1. The standard InChI is InChI=1S/C17H17ClN4OS.ClH/c1-10-14(7-11(20)4-5-19)24-17-13(8-15(18)22-16(10)17)21-9-12-3-2-6-23-12;/h2-3,6,8,11H,4,7,9,20H2,1H3,(H,21,22);1H. The maximum Gasteiger partial charge on any atom is 0.131 e. The lowest BCUT2D eigenvalue weighted by Crippen LogP contribution is -2.21. The van der Waals surface area contributed by atoms with Crippen molar-refractivity contribution in [1.82, 2.24) is 4.98 Å². The molecule has 0 spiro atoms. The second kappa shape index (κ2) is 8.54. The van der Waals surface area contributed by atoms with Gasteiger partial charge in [-0.25, -0.2) is 4.98 Å². The molecule has 3 N–H and O–H groups in total. The Labute approximate surface area is 161 Å². The lowest BCUT2D eigenvalue weighted by atomic mass is 10.1. The van der Waals surface area contributed by atoms with Crippen molar-refractivity contribution in [3.63, 3.8) is 0 Å². The number of hydrogen-bond donors (Lipinski definition) is 2. The molecule has 0 aliphatic heterocycles. The van der Waals surface area contributed by atoms with Crippen molar-refractivity contribution in [3.05, 3.63) is 45.8 Å². The summed E-state index contributed by atoms with van der Waals surface area (Å²) in [5.74, 6) is 0.848. The van der Waals surface area contributed by atoms with Crippen LogP contribution in [0.3, 0.4) is 0 Å². The molecule has 3 heterocycles. The van der Waals surface area contributed by atoms with Crippen molar-refractivity contribution in [1.29, 1.82) is 5.26 Å². The number of nitrogens with two attached hydrogens (primary N) is 1. The highest BCUT2D eigenvalue weighted by Gasteiger charge is 2.16. The second-order valence-corrected chi connectivity index (χ2v) is 7.07. The molecule has 1 atom stereocenters. The molecule has 0 saturated carbocycles. The third kappa shape index (κ3) is 4.44. The highest BCUT2D eigenvalue weighted by molar-refractivity contribution is 7.19. The number of nitriles is 1. The minimum atomic E-state index is -0.170. The van der Waals surface area contributed by atoms with Crippen molar-refractivity contribution in [2.75, 3.05) is 5.32 Å². The summed E-state index contributed by atoms with van der Waals surface area (Å²) in [6, 6.07) is 7.54. The van der Waals surface area contributed by atoms with Gasteiger partial charge in [-0.15, -0.1) is 23.7 Å². The molecule has 0 aliphatic rings. The van der Waals surface area contributed by atoms with E-state index in [1.807, 2.05) is 25.1 Å². The first-order valence-corrected chi connectivity index (χ1v) is 8.75. The summed E-state index contributed by atoms with van der Waals surface area (Å²) in [6.45, 7) is 2.59. The molecule has 0 aromatic carbocycles. The smallest absolute Gasteiger partial charge is 0.131 e. The van der Waals surface area contributed by atoms with E-state index in [1.165, 1.54) is 0 Å². The Morgan fingerprint density at radius 3 is 3.00 bits per heavy atom. The van der Waals surface area contributed by atoms with E-state index < -0.39 is 0 Å². The van der Waals surface area contributed by atoms with Crippen LogP contribution in [0, 0.1) is 18.3 Å². The maximum absolute atomic E-state index is 8.79. The average molecular weight is 397 g/mol. The van der Waals surface area contributed by atoms with Crippen LogP contribution >= 0.6 is 35.3 Å². The van der Waals surface area contributed by atoms with E-state index in [0.29, 0.717) is 24.5 Å². The zero-order valence-electron chi connectivity index (χ0n) is 13.6. The topological polar surface area (TPSA) is 87.9 Å². The molecule has 25 heavy (non-hydrogen) atoms. The molecule has 3 aromatic heterocycles. The number of aryl methyl sites for hydroxylation is 1. The number of aromatic nitrogens is 1. The Bertz CT molecular complexity index is 886. The first-order chi connectivity index (χ1) is 11.6. The number of thiophene rings is 1. The van der Waals surface area contributed by atoms with Crippen molar-refractivity contribution in [3.8, 4) is 6.07 Å². The monoisotopic (exact) mass is 396 g/mol. The first kappa shape index (κ1) is 19.5. The van der Waals surface area contributed by atoms with Crippen LogP contribution in [0.25, 0.3) is 10.2 Å². The summed E-state index contributed by atoms with van der Waals surface area (Å²) in [5.41, 5.74) is 8.89. The summed E-state index contributed by atoms with van der Waals surface area (Å²) < 4.78 is 6.40. The largest absolute Gasteiger partial charge is 0.467 e. The number of furan rings is 1. The van der Waals surface area contributed by atoms with Crippen molar-refractivity contribution in [2.45, 2.75) is 32.4 Å². The summed E-state index contributed by atoms with van der Waals surface area (Å²) in [5, 5.41) is 12.6. The average Bonchev–Trinajstić information content (AvgIpc) is 3.15. The zero-order valence-corrected chi connectivity index (χ0v) is 16.0. The quantitative estimate of drug-likeness (QED) is 0.591. The van der Waals surface area contributed by atoms with E-state index in [1.54, 1.807) is 17.6 Å². The SMILES string of the molecule is Cc1c(CC(N)CC#N)sc2c(NCc3ccco3)cc(Cl)nc12.Cl. The molecule has 0 saturated heterocycles. The van der Waals surface area contributed by atoms with Gasteiger partial charge in [0.1, 0.15) is 10.9 Å². The van der Waals surface area contributed by atoms with Gasteiger partial charge in [0.05, 0.1) is 41.2 Å². The molecule has 0 radical (unpaired) electrons. The Kier molecular flexibility index (Phi) is 6.68. The van der Waals surface area contributed by atoms with Crippen LogP contribution in [0.5, 0.6) is 0 Å². The molecule has 5 nitrogen and oxygen atoms in total. The summed E-state index contributed by atoms with van der Waals surface area (Å²) in [7, 11) is 0. The fourth-order valence-electron chi connectivity index (χ4n) is 2.54. The molecule has 1 unspecified atom stereocenters. The first-order valence-electron chi connectivity index (χ1n) is 7.55. The number of anilines is 1. The van der Waals surface area contributed by atoms with Gasteiger partial charge in [0.25, 0.3) is 0 Å². The number of hydrogen-bond acceptors (Lipinski definition) is 6. The third-order valence-electron chi connectivity index (χ3n) is 3.77. The number of halogens is 2. The lowest BCUT2D eigenvalue weighted by molar-refractivity contribution is 0.518. The van der Waals surface area contributed by atoms with Gasteiger partial charge in [0, 0.05) is 17.0 Å². The minimum absolute atomic E-state index is 0. The van der Waals surface area contributed by atoms with Gasteiger partial charge in [0.15, 0.2) is 0 Å². The van der Waals surface area contributed by atoms with Crippen molar-refractivity contribution < 1.29 is 4.42 Å². The summed E-state index contributed by atoms with van der Waals surface area (Å²) in [6.07, 6.45) is 2.65. The summed E-state index contributed by atoms with van der Waals surface area (Å²) >= 11 is 7.83. The molecule has 0 aliphatic carbocycles. The van der Waals surface area contributed by atoms with Crippen LogP contribution < -0.4 is 11.1 Å². The van der Waals surface area contributed by atoms with E-state index in [4.69, 9.17) is 27.0 Å². The number of nitrogens with zero attached hydrogens (tertiary/aromatic N) is 2. The molecule has 3 rings (SSSR count). The normalized spacial score (nSPS) is 11.8. The van der Waals surface area contributed by atoms with Crippen LogP contribution in [-0.2, 0) is 13.0 Å². The van der Waals surface area contributed by atoms with Gasteiger partial charge >= 0.3 is 0 Å². The van der Waals surface area contributed by atoms with Crippen molar-refractivity contribution >= 4 is 51.2 Å². The van der Waals surface area contributed by atoms with Gasteiger partial charge in [-0.2, -0.15) is 5.26 Å². The van der Waals surface area contributed by atoms with Gasteiger partial charge in [-0.1, -0.05) is 11.6 Å². The molecule has 0 bridgehead atoms. The van der Waals surface area contributed by atoms with Crippen LogP contribution in [0.2, 0.25) is 5.15 Å². The van der Waals surface area contributed by atoms with Crippen LogP contribution in [0.15, 0.2) is 28.9 Å². The number of rotatable bonds is 6. The molecular formula is C17H18Cl2N4OS. The molecule has 8 heteroatoms. The van der Waals surface area contributed by atoms with Gasteiger partial charge in [-0.05, 0) is 31.0 Å². The number of nitrogens with one attached hydrogen (secondary N) is 1. The predicted molar refractivity (Wildman–Crippen MR) is 105 cm³/mol. The molecule has 3 aromatic rings. The Morgan fingerprint density at radius 2 is 2.32 bits per heavy atom. The maximum atomic E-state index is 8.79. The predicted octanol–water partition coefficient (Wildman–Crippen LogP) is 4.67. The van der Waals surface area contributed by atoms with Gasteiger partial charge < -0.3 is 15.5 Å². The molecular weight excluding hydrogens is 379 g/mol. The molecule has 132 valence electrons. The van der Waals surface area contributed by atoms with Crippen molar-refractivity contribution in [2.24, 2.45) is 5.73 Å². The van der Waals surface area contributed by atoms with E-state index in [2.05, 4.69) is 16.4 Å². The summed E-state index contributed by atoms with van der Waals surface area (Å²) in [4.78, 5) is 5.60. The van der Waals surface area contributed by atoms with Gasteiger partial charge in [0.2, 0.25) is 0 Å². The van der Waals surface area contributed by atoms with E-state index in [0.717, 1.165) is 32.1 Å². The lowest BCUT2D eigenvalue weighted by Gasteiger charge is -2.06. The third-order valence-corrected chi connectivity index (χ3v) is 5.30. The Hall–Kier alpha value is -1.78. The fourth-order valence-corrected chi connectivity index (χ4v) is 4.06. The van der Waals surface area contributed by atoms with Crippen LogP contribution in [0.4, 0.5) is 5.69 Å². The zero-order chi connectivity index (χ0) is 17.1. The second-order valence-electron chi connectivity index (χ2n) is 5.58.